The Bertz CT molecular complexity index is 1090. The van der Waals surface area contributed by atoms with Crippen LogP contribution >= 0.6 is 15.9 Å². The highest BCUT2D eigenvalue weighted by Crippen LogP contribution is 2.21. The number of nitrogens with one attached hydrogen (secondary N) is 2. The molecule has 0 radical (unpaired) electrons. The van der Waals surface area contributed by atoms with E-state index in [0.29, 0.717) is 11.4 Å². The summed E-state index contributed by atoms with van der Waals surface area (Å²) >= 11 is 3.39. The Balaban J connectivity index is 1.60. The summed E-state index contributed by atoms with van der Waals surface area (Å²) in [5, 5.41) is 5.37. The zero-order chi connectivity index (χ0) is 21.7. The lowest BCUT2D eigenvalue weighted by molar-refractivity contribution is -0.119. The molecular weight excluding hydrogens is 452 g/mol. The van der Waals surface area contributed by atoms with Gasteiger partial charge in [-0.3, -0.25) is 9.59 Å². The molecule has 2 aromatic carbocycles. The fourth-order valence-electron chi connectivity index (χ4n) is 2.61. The Morgan fingerprint density at radius 2 is 1.80 bits per heavy atom. The molecule has 0 atom stereocenters. The normalized spacial score (nSPS) is 10.4. The standard InChI is InChI=1S/C22H19BrN2O5/c1-13-5-6-15(11-18(13)25-21(27)19-4-3-9-29-19)22(28)30-12-20(26)24-16-7-8-17(23)14(2)10-16/h3-11H,12H2,1-2H3,(H,24,26)(H,25,27). The monoisotopic (exact) mass is 470 g/mol. The lowest BCUT2D eigenvalue weighted by Crippen LogP contribution is -2.21. The number of anilines is 2. The molecule has 2 N–H and O–H groups in total. The number of rotatable bonds is 6. The molecule has 3 rings (SSSR count). The van der Waals surface area contributed by atoms with Crippen LogP contribution in [0.2, 0.25) is 0 Å². The van der Waals surface area contributed by atoms with Crippen LogP contribution in [-0.2, 0) is 9.53 Å². The van der Waals surface area contributed by atoms with Gasteiger partial charge in [0.25, 0.3) is 11.8 Å². The Labute approximate surface area is 181 Å². The minimum atomic E-state index is -0.675. The van der Waals surface area contributed by atoms with Crippen LogP contribution in [0.15, 0.2) is 63.7 Å². The molecule has 1 heterocycles. The van der Waals surface area contributed by atoms with Gasteiger partial charge in [-0.15, -0.1) is 0 Å². The molecule has 154 valence electrons. The zero-order valence-corrected chi connectivity index (χ0v) is 17.9. The molecule has 0 fully saturated rings. The molecule has 0 unspecified atom stereocenters. The molecule has 0 aliphatic carbocycles. The molecule has 1 aromatic heterocycles. The first-order chi connectivity index (χ1) is 14.3. The number of halogens is 1. The maximum absolute atomic E-state index is 12.3. The quantitative estimate of drug-likeness (QED) is 0.508. The van der Waals surface area contributed by atoms with E-state index in [1.54, 1.807) is 37.3 Å². The first kappa shape index (κ1) is 21.3. The lowest BCUT2D eigenvalue weighted by Gasteiger charge is -2.10. The molecule has 3 aromatic rings. The first-order valence-electron chi connectivity index (χ1n) is 9.02. The van der Waals surface area contributed by atoms with Crippen LogP contribution in [0.5, 0.6) is 0 Å². The highest BCUT2D eigenvalue weighted by molar-refractivity contribution is 9.10. The van der Waals surface area contributed by atoms with E-state index in [2.05, 4.69) is 26.6 Å². The van der Waals surface area contributed by atoms with E-state index in [4.69, 9.17) is 9.15 Å². The van der Waals surface area contributed by atoms with Crippen LogP contribution in [0, 0.1) is 13.8 Å². The van der Waals surface area contributed by atoms with Crippen molar-refractivity contribution in [3.63, 3.8) is 0 Å². The van der Waals surface area contributed by atoms with Crippen molar-refractivity contribution < 1.29 is 23.5 Å². The molecule has 8 heteroatoms. The average Bonchev–Trinajstić information content (AvgIpc) is 3.25. The van der Waals surface area contributed by atoms with E-state index in [9.17, 15) is 14.4 Å². The molecule has 0 saturated carbocycles. The maximum Gasteiger partial charge on any atom is 0.338 e. The van der Waals surface area contributed by atoms with Crippen LogP contribution in [0.3, 0.4) is 0 Å². The van der Waals surface area contributed by atoms with E-state index in [1.807, 2.05) is 13.0 Å². The van der Waals surface area contributed by atoms with Gasteiger partial charge in [-0.05, 0) is 67.4 Å². The molecule has 0 bridgehead atoms. The number of carbonyl (C=O) groups excluding carboxylic acids is 3. The van der Waals surface area contributed by atoms with Crippen LogP contribution in [-0.4, -0.2) is 24.4 Å². The Morgan fingerprint density at radius 1 is 1.00 bits per heavy atom. The fourth-order valence-corrected chi connectivity index (χ4v) is 2.86. The van der Waals surface area contributed by atoms with E-state index in [0.717, 1.165) is 15.6 Å². The number of benzene rings is 2. The summed E-state index contributed by atoms with van der Waals surface area (Å²) in [5.74, 6) is -1.41. The van der Waals surface area contributed by atoms with Gasteiger partial charge in [-0.25, -0.2) is 4.79 Å². The number of furan rings is 1. The Hall–Kier alpha value is -3.39. The summed E-state index contributed by atoms with van der Waals surface area (Å²) in [6.45, 7) is 3.26. The summed E-state index contributed by atoms with van der Waals surface area (Å²) in [6.07, 6.45) is 1.40. The molecule has 0 spiro atoms. The summed E-state index contributed by atoms with van der Waals surface area (Å²) in [7, 11) is 0. The van der Waals surface area contributed by atoms with Crippen molar-refractivity contribution in [3.8, 4) is 0 Å². The van der Waals surface area contributed by atoms with Crippen LogP contribution in [0.25, 0.3) is 0 Å². The van der Waals surface area contributed by atoms with E-state index in [1.165, 1.54) is 18.4 Å². The average molecular weight is 471 g/mol. The fraction of sp³-hybridized carbons (Fsp3) is 0.136. The number of esters is 1. The summed E-state index contributed by atoms with van der Waals surface area (Å²) in [4.78, 5) is 36.6. The van der Waals surface area contributed by atoms with Crippen molar-refractivity contribution in [1.29, 1.82) is 0 Å². The molecule has 7 nitrogen and oxygen atoms in total. The minimum Gasteiger partial charge on any atom is -0.459 e. The number of hydrogen-bond acceptors (Lipinski definition) is 5. The predicted molar refractivity (Wildman–Crippen MR) is 116 cm³/mol. The number of carbonyl (C=O) groups is 3. The van der Waals surface area contributed by atoms with Crippen molar-refractivity contribution in [2.45, 2.75) is 13.8 Å². The van der Waals surface area contributed by atoms with Crippen LogP contribution in [0.1, 0.15) is 32.0 Å². The van der Waals surface area contributed by atoms with Crippen molar-refractivity contribution in [2.24, 2.45) is 0 Å². The second-order valence-corrected chi connectivity index (χ2v) is 7.40. The van der Waals surface area contributed by atoms with Gasteiger partial charge in [0.05, 0.1) is 11.8 Å². The van der Waals surface area contributed by atoms with Gasteiger partial charge in [0, 0.05) is 15.8 Å². The third-order valence-corrected chi connectivity index (χ3v) is 5.13. The maximum atomic E-state index is 12.3. The van der Waals surface area contributed by atoms with Gasteiger partial charge < -0.3 is 19.8 Å². The smallest absolute Gasteiger partial charge is 0.338 e. The van der Waals surface area contributed by atoms with Gasteiger partial charge in [-0.1, -0.05) is 22.0 Å². The largest absolute Gasteiger partial charge is 0.459 e. The molecule has 0 saturated heterocycles. The Morgan fingerprint density at radius 3 is 2.50 bits per heavy atom. The van der Waals surface area contributed by atoms with Gasteiger partial charge in [0.15, 0.2) is 12.4 Å². The molecule has 0 aliphatic heterocycles. The SMILES string of the molecule is Cc1cc(NC(=O)COC(=O)c2ccc(C)c(NC(=O)c3ccco3)c2)ccc1Br. The van der Waals surface area contributed by atoms with Crippen LogP contribution in [0.4, 0.5) is 11.4 Å². The first-order valence-corrected chi connectivity index (χ1v) is 9.81. The number of ether oxygens (including phenoxy) is 1. The van der Waals surface area contributed by atoms with E-state index < -0.39 is 24.4 Å². The number of hydrogen-bond donors (Lipinski definition) is 2. The number of aryl methyl sites for hydroxylation is 2. The summed E-state index contributed by atoms with van der Waals surface area (Å²) in [6, 6.07) is 13.2. The minimum absolute atomic E-state index is 0.155. The molecule has 2 amide bonds. The van der Waals surface area contributed by atoms with E-state index >= 15 is 0 Å². The summed E-state index contributed by atoms with van der Waals surface area (Å²) < 4.78 is 11.1. The van der Waals surface area contributed by atoms with Crippen LogP contribution < -0.4 is 10.6 Å². The van der Waals surface area contributed by atoms with Gasteiger partial charge in [0.2, 0.25) is 0 Å². The zero-order valence-electron chi connectivity index (χ0n) is 16.3. The van der Waals surface area contributed by atoms with E-state index in [-0.39, 0.29) is 11.3 Å². The topological polar surface area (TPSA) is 97.6 Å². The van der Waals surface area contributed by atoms with Crippen molar-refractivity contribution >= 4 is 45.1 Å². The molecule has 30 heavy (non-hydrogen) atoms. The second-order valence-electron chi connectivity index (χ2n) is 6.55. The Kier molecular flexibility index (Phi) is 6.68. The van der Waals surface area contributed by atoms with Crippen molar-refractivity contribution in [1.82, 2.24) is 0 Å². The summed E-state index contributed by atoms with van der Waals surface area (Å²) in [5.41, 5.74) is 2.99. The third kappa shape index (κ3) is 5.36. The van der Waals surface area contributed by atoms with Crippen molar-refractivity contribution in [2.75, 3.05) is 17.2 Å². The third-order valence-electron chi connectivity index (χ3n) is 4.24. The highest BCUT2D eigenvalue weighted by atomic mass is 79.9. The molecule has 0 aliphatic rings. The van der Waals surface area contributed by atoms with Gasteiger partial charge in [-0.2, -0.15) is 0 Å². The molecular formula is C22H19BrN2O5. The van der Waals surface area contributed by atoms with Gasteiger partial charge >= 0.3 is 5.97 Å². The van der Waals surface area contributed by atoms with Crippen molar-refractivity contribution in [3.05, 3.63) is 81.7 Å². The highest BCUT2D eigenvalue weighted by Gasteiger charge is 2.15. The van der Waals surface area contributed by atoms with Gasteiger partial charge in [0.1, 0.15) is 0 Å². The number of amides is 2. The second kappa shape index (κ2) is 9.41. The lowest BCUT2D eigenvalue weighted by atomic mass is 10.1. The predicted octanol–water partition coefficient (Wildman–Crippen LogP) is 4.71.